The Bertz CT molecular complexity index is 796. The number of benzene rings is 1. The highest BCUT2D eigenvalue weighted by atomic mass is 19.4. The third-order valence-electron chi connectivity index (χ3n) is 3.49. The maximum Gasteiger partial charge on any atom is 0.573 e. The van der Waals surface area contributed by atoms with Crippen LogP contribution in [0.15, 0.2) is 23.0 Å². The van der Waals surface area contributed by atoms with E-state index in [1.54, 1.807) is 0 Å². The van der Waals surface area contributed by atoms with Gasteiger partial charge in [-0.1, -0.05) is 13.8 Å². The topological polar surface area (TPSA) is 56.1 Å². The van der Waals surface area contributed by atoms with Gasteiger partial charge >= 0.3 is 12.1 Å². The van der Waals surface area contributed by atoms with Crippen LogP contribution in [0.25, 0.3) is 10.9 Å². The summed E-state index contributed by atoms with van der Waals surface area (Å²) < 4.78 is 42.4. The molecule has 1 aromatic carbocycles. The van der Waals surface area contributed by atoms with Crippen LogP contribution in [0.1, 0.15) is 13.8 Å². The van der Waals surface area contributed by atoms with Crippen molar-refractivity contribution in [2.45, 2.75) is 26.8 Å². The van der Waals surface area contributed by atoms with Crippen LogP contribution in [-0.2, 0) is 6.54 Å². The molecule has 0 radical (unpaired) electrons. The zero-order valence-electron chi connectivity index (χ0n) is 12.0. The maximum atomic E-state index is 12.3. The number of alkyl halides is 3. The molecule has 0 aliphatic carbocycles. The normalized spacial score (nSPS) is 17.0. The van der Waals surface area contributed by atoms with Gasteiger partial charge in [-0.15, -0.1) is 13.2 Å². The van der Waals surface area contributed by atoms with E-state index in [0.29, 0.717) is 29.8 Å². The van der Waals surface area contributed by atoms with Crippen LogP contribution in [0.5, 0.6) is 5.75 Å². The second kappa shape index (κ2) is 4.62. The Morgan fingerprint density at radius 2 is 2.09 bits per heavy atom. The Labute approximate surface area is 123 Å². The second-order valence-corrected chi connectivity index (χ2v) is 6.07. The fourth-order valence-electron chi connectivity index (χ4n) is 2.55. The van der Waals surface area contributed by atoms with Crippen molar-refractivity contribution in [1.29, 1.82) is 0 Å². The van der Waals surface area contributed by atoms with Crippen molar-refractivity contribution in [2.24, 2.45) is 5.41 Å². The highest BCUT2D eigenvalue weighted by Crippen LogP contribution is 2.32. The van der Waals surface area contributed by atoms with E-state index in [0.717, 1.165) is 6.07 Å². The highest BCUT2D eigenvalue weighted by molar-refractivity contribution is 5.90. The van der Waals surface area contributed by atoms with Crippen LogP contribution >= 0.6 is 0 Å². The van der Waals surface area contributed by atoms with Crippen molar-refractivity contribution in [3.63, 3.8) is 0 Å². The van der Waals surface area contributed by atoms with Crippen molar-refractivity contribution in [3.8, 4) is 5.75 Å². The number of rotatable bonds is 1. The third-order valence-corrected chi connectivity index (χ3v) is 3.49. The fourth-order valence-corrected chi connectivity index (χ4v) is 2.55. The predicted molar refractivity (Wildman–Crippen MR) is 75.0 cm³/mol. The Morgan fingerprint density at radius 3 is 2.77 bits per heavy atom. The predicted octanol–water partition coefficient (Wildman–Crippen LogP) is 2.75. The van der Waals surface area contributed by atoms with Crippen molar-refractivity contribution < 1.29 is 17.9 Å². The molecule has 0 spiro atoms. The van der Waals surface area contributed by atoms with Gasteiger partial charge in [-0.3, -0.25) is 4.57 Å². The lowest BCUT2D eigenvalue weighted by Crippen LogP contribution is -2.40. The minimum atomic E-state index is -4.76. The van der Waals surface area contributed by atoms with Gasteiger partial charge in [0.1, 0.15) is 11.6 Å². The number of aromatic nitrogens is 2. The SMILES string of the molecule is CC1(C)CNc2c3cc(OC(F)(F)F)ccc3nc(=O)n2C1. The summed E-state index contributed by atoms with van der Waals surface area (Å²) in [4.78, 5) is 16.0. The lowest BCUT2D eigenvalue weighted by atomic mass is 9.91. The number of ether oxygens (including phenoxy) is 1. The number of nitrogens with zero attached hydrogens (tertiary/aromatic N) is 2. The smallest absolute Gasteiger partial charge is 0.406 e. The van der Waals surface area contributed by atoms with Crippen LogP contribution < -0.4 is 15.7 Å². The van der Waals surface area contributed by atoms with E-state index in [4.69, 9.17) is 0 Å². The average molecular weight is 313 g/mol. The van der Waals surface area contributed by atoms with Gasteiger partial charge in [0.25, 0.3) is 0 Å². The molecule has 0 saturated carbocycles. The number of halogens is 3. The molecule has 1 aliphatic rings. The minimum absolute atomic E-state index is 0.147. The molecule has 0 amide bonds. The Kier molecular flexibility index (Phi) is 3.08. The van der Waals surface area contributed by atoms with E-state index in [1.165, 1.54) is 16.7 Å². The molecule has 1 aliphatic heterocycles. The minimum Gasteiger partial charge on any atom is -0.406 e. The quantitative estimate of drug-likeness (QED) is 0.879. The molecule has 3 rings (SSSR count). The number of nitrogens with one attached hydrogen (secondary N) is 1. The molecule has 5 nitrogen and oxygen atoms in total. The third kappa shape index (κ3) is 2.72. The van der Waals surface area contributed by atoms with E-state index in [-0.39, 0.29) is 11.2 Å². The molecule has 0 bridgehead atoms. The Morgan fingerprint density at radius 1 is 1.36 bits per heavy atom. The van der Waals surface area contributed by atoms with Crippen LogP contribution in [0.2, 0.25) is 0 Å². The van der Waals surface area contributed by atoms with Crippen molar-refractivity contribution in [3.05, 3.63) is 28.7 Å². The molecular weight excluding hydrogens is 299 g/mol. The number of hydrogen-bond donors (Lipinski definition) is 1. The van der Waals surface area contributed by atoms with E-state index in [9.17, 15) is 18.0 Å². The summed E-state index contributed by atoms with van der Waals surface area (Å²) in [6.45, 7) is 5.03. The van der Waals surface area contributed by atoms with Crippen LogP contribution in [0.3, 0.4) is 0 Å². The van der Waals surface area contributed by atoms with Crippen molar-refractivity contribution in [2.75, 3.05) is 11.9 Å². The monoisotopic (exact) mass is 313 g/mol. The zero-order valence-corrected chi connectivity index (χ0v) is 12.0. The molecule has 1 N–H and O–H groups in total. The Hall–Kier alpha value is -2.25. The molecule has 0 fully saturated rings. The lowest BCUT2D eigenvalue weighted by Gasteiger charge is -2.33. The van der Waals surface area contributed by atoms with Gasteiger partial charge in [0.2, 0.25) is 0 Å². The summed E-state index contributed by atoms with van der Waals surface area (Å²) in [6, 6.07) is 3.73. The summed E-state index contributed by atoms with van der Waals surface area (Å²) in [5.41, 5.74) is -0.239. The first-order valence-corrected chi connectivity index (χ1v) is 6.69. The van der Waals surface area contributed by atoms with Crippen LogP contribution in [0.4, 0.5) is 19.0 Å². The van der Waals surface area contributed by atoms with Gasteiger partial charge in [-0.05, 0) is 18.2 Å². The standard InChI is InChI=1S/C14H14F3N3O2/c1-13(2)6-18-11-9-5-8(22-14(15,16)17)3-4-10(9)19-12(21)20(11)7-13/h3-5,18H,6-7H2,1-2H3. The molecule has 2 aromatic rings. The second-order valence-electron chi connectivity index (χ2n) is 6.07. The number of anilines is 1. The van der Waals surface area contributed by atoms with Crippen LogP contribution in [0, 0.1) is 5.41 Å². The molecule has 2 heterocycles. The average Bonchev–Trinajstić information content (AvgIpc) is 2.37. The van der Waals surface area contributed by atoms with Crippen molar-refractivity contribution >= 4 is 16.7 Å². The first kappa shape index (κ1) is 14.7. The molecule has 8 heteroatoms. The number of fused-ring (bicyclic) bond motifs is 3. The molecule has 0 atom stereocenters. The van der Waals surface area contributed by atoms with Gasteiger partial charge in [0, 0.05) is 23.9 Å². The van der Waals surface area contributed by atoms with Gasteiger partial charge < -0.3 is 10.1 Å². The summed E-state index contributed by atoms with van der Waals surface area (Å²) in [5.74, 6) is 0.136. The van der Waals surface area contributed by atoms with E-state index in [1.807, 2.05) is 13.8 Å². The van der Waals surface area contributed by atoms with E-state index < -0.39 is 12.1 Å². The highest BCUT2D eigenvalue weighted by Gasteiger charge is 2.32. The first-order chi connectivity index (χ1) is 10.1. The first-order valence-electron chi connectivity index (χ1n) is 6.69. The number of hydrogen-bond acceptors (Lipinski definition) is 4. The van der Waals surface area contributed by atoms with E-state index in [2.05, 4.69) is 15.0 Å². The summed E-state index contributed by atoms with van der Waals surface area (Å²) in [6.07, 6.45) is -4.76. The maximum absolute atomic E-state index is 12.3. The Balaban J connectivity index is 2.16. The van der Waals surface area contributed by atoms with Crippen molar-refractivity contribution in [1.82, 2.24) is 9.55 Å². The zero-order chi connectivity index (χ0) is 16.1. The van der Waals surface area contributed by atoms with Gasteiger partial charge in [-0.2, -0.15) is 4.98 Å². The lowest BCUT2D eigenvalue weighted by molar-refractivity contribution is -0.274. The fraction of sp³-hybridized carbons (Fsp3) is 0.429. The van der Waals surface area contributed by atoms with Gasteiger partial charge in [-0.25, -0.2) is 4.79 Å². The summed E-state index contributed by atoms with van der Waals surface area (Å²) in [7, 11) is 0. The van der Waals surface area contributed by atoms with Crippen LogP contribution in [-0.4, -0.2) is 22.5 Å². The van der Waals surface area contributed by atoms with Gasteiger partial charge in [0.15, 0.2) is 0 Å². The largest absolute Gasteiger partial charge is 0.573 e. The summed E-state index contributed by atoms with van der Waals surface area (Å²) in [5, 5.41) is 3.54. The summed E-state index contributed by atoms with van der Waals surface area (Å²) >= 11 is 0. The molecule has 0 saturated heterocycles. The molecule has 0 unspecified atom stereocenters. The molecule has 118 valence electrons. The van der Waals surface area contributed by atoms with E-state index >= 15 is 0 Å². The molecular formula is C14H14F3N3O2. The van der Waals surface area contributed by atoms with Gasteiger partial charge in [0.05, 0.1) is 5.52 Å². The molecule has 22 heavy (non-hydrogen) atoms. The molecule has 1 aromatic heterocycles.